The van der Waals surface area contributed by atoms with Crippen LogP contribution < -0.4 is 16.0 Å². The molecule has 0 fully saturated rings. The second-order valence-corrected chi connectivity index (χ2v) is 4.48. The molecule has 0 aliphatic rings. The molecule has 0 radical (unpaired) electrons. The maximum atomic E-state index is 11.1. The lowest BCUT2D eigenvalue weighted by atomic mass is 10.1. The highest BCUT2D eigenvalue weighted by Crippen LogP contribution is 2.12. The van der Waals surface area contributed by atoms with Gasteiger partial charge in [0.1, 0.15) is 12.4 Å². The molecule has 1 aromatic carbocycles. The average Bonchev–Trinajstić information content (AvgIpc) is 2.48. The number of amides is 1. The van der Waals surface area contributed by atoms with Gasteiger partial charge in [-0.25, -0.2) is 5.84 Å². The molecule has 0 aliphatic heterocycles. The molecule has 104 valence electrons. The fraction of sp³-hybridized carbons (Fsp3) is 0.200. The number of benzene rings is 1. The fourth-order valence-corrected chi connectivity index (χ4v) is 1.70. The molecule has 0 atom stereocenters. The molecule has 3 N–H and O–H groups in total. The molecule has 0 saturated carbocycles. The van der Waals surface area contributed by atoms with Gasteiger partial charge in [0.05, 0.1) is 12.6 Å². The van der Waals surface area contributed by atoms with E-state index in [9.17, 15) is 4.79 Å². The van der Waals surface area contributed by atoms with Crippen LogP contribution in [0.15, 0.2) is 42.6 Å². The number of nitrogens with zero attached hydrogens (tertiary/aromatic N) is 1. The molecule has 5 nitrogen and oxygen atoms in total. The monoisotopic (exact) mass is 271 g/mol. The van der Waals surface area contributed by atoms with Crippen LogP contribution in [0.25, 0.3) is 0 Å². The Morgan fingerprint density at radius 1 is 1.20 bits per heavy atom. The predicted octanol–water partition coefficient (Wildman–Crippen LogP) is 1.50. The zero-order chi connectivity index (χ0) is 14.4. The number of aromatic nitrogens is 1. The molecule has 2 aromatic rings. The Morgan fingerprint density at radius 3 is 2.50 bits per heavy atom. The van der Waals surface area contributed by atoms with Gasteiger partial charge in [-0.15, -0.1) is 0 Å². The molecule has 20 heavy (non-hydrogen) atoms. The number of carbonyl (C=O) groups is 1. The van der Waals surface area contributed by atoms with Gasteiger partial charge in [0.15, 0.2) is 0 Å². The van der Waals surface area contributed by atoms with Crippen LogP contribution in [-0.2, 0) is 17.8 Å². The Bertz CT molecular complexity index is 565. The number of nitrogens with one attached hydrogen (secondary N) is 1. The lowest BCUT2D eigenvalue weighted by Crippen LogP contribution is -2.31. The van der Waals surface area contributed by atoms with E-state index in [0.717, 1.165) is 22.6 Å². The van der Waals surface area contributed by atoms with Gasteiger partial charge in [-0.1, -0.05) is 24.3 Å². The number of hydrogen-bond acceptors (Lipinski definition) is 4. The molecule has 0 bridgehead atoms. The maximum absolute atomic E-state index is 11.1. The quantitative estimate of drug-likeness (QED) is 0.491. The summed E-state index contributed by atoms with van der Waals surface area (Å²) in [5.74, 6) is 5.58. The first-order valence-corrected chi connectivity index (χ1v) is 6.30. The van der Waals surface area contributed by atoms with Gasteiger partial charge in [0.2, 0.25) is 5.91 Å². The van der Waals surface area contributed by atoms with Crippen LogP contribution in [0.5, 0.6) is 5.75 Å². The third-order valence-corrected chi connectivity index (χ3v) is 2.84. The van der Waals surface area contributed by atoms with Gasteiger partial charge in [0.25, 0.3) is 0 Å². The molecule has 0 saturated heterocycles. The number of aryl methyl sites for hydroxylation is 1. The highest BCUT2D eigenvalue weighted by molar-refractivity contribution is 5.77. The molecule has 2 rings (SSSR count). The lowest BCUT2D eigenvalue weighted by Gasteiger charge is -2.07. The van der Waals surface area contributed by atoms with Crippen molar-refractivity contribution in [3.05, 3.63) is 59.4 Å². The van der Waals surface area contributed by atoms with Crippen LogP contribution >= 0.6 is 0 Å². The Balaban J connectivity index is 1.90. The Morgan fingerprint density at radius 2 is 1.90 bits per heavy atom. The first kappa shape index (κ1) is 14.0. The molecule has 5 heteroatoms. The highest BCUT2D eigenvalue weighted by Gasteiger charge is 2.02. The van der Waals surface area contributed by atoms with E-state index in [1.54, 1.807) is 6.20 Å². The maximum Gasteiger partial charge on any atom is 0.238 e. The summed E-state index contributed by atoms with van der Waals surface area (Å²) in [6.07, 6.45) is 1.98. The van der Waals surface area contributed by atoms with E-state index in [1.807, 2.05) is 43.3 Å². The summed E-state index contributed by atoms with van der Waals surface area (Å²) >= 11 is 0. The summed E-state index contributed by atoms with van der Waals surface area (Å²) < 4.78 is 5.63. The largest absolute Gasteiger partial charge is 0.487 e. The van der Waals surface area contributed by atoms with E-state index in [-0.39, 0.29) is 12.3 Å². The second kappa shape index (κ2) is 6.68. The Hall–Kier alpha value is -2.40. The lowest BCUT2D eigenvalue weighted by molar-refractivity contribution is -0.120. The molecule has 1 heterocycles. The number of rotatable bonds is 5. The smallest absolute Gasteiger partial charge is 0.238 e. The van der Waals surface area contributed by atoms with E-state index in [4.69, 9.17) is 10.6 Å². The van der Waals surface area contributed by atoms with Crippen LogP contribution in [0, 0.1) is 6.92 Å². The summed E-state index contributed by atoms with van der Waals surface area (Å²) in [4.78, 5) is 15.3. The molecule has 0 unspecified atom stereocenters. The first-order valence-electron chi connectivity index (χ1n) is 6.30. The van der Waals surface area contributed by atoms with E-state index in [0.29, 0.717) is 6.61 Å². The van der Waals surface area contributed by atoms with Crippen molar-refractivity contribution in [3.63, 3.8) is 0 Å². The summed E-state index contributed by atoms with van der Waals surface area (Å²) in [7, 11) is 0. The summed E-state index contributed by atoms with van der Waals surface area (Å²) in [5, 5.41) is 0. The van der Waals surface area contributed by atoms with Gasteiger partial charge in [-0.3, -0.25) is 15.2 Å². The minimum Gasteiger partial charge on any atom is -0.487 e. The summed E-state index contributed by atoms with van der Waals surface area (Å²) in [5.41, 5.74) is 5.01. The Labute approximate surface area is 117 Å². The normalized spacial score (nSPS) is 10.1. The molecular weight excluding hydrogens is 254 g/mol. The second-order valence-electron chi connectivity index (χ2n) is 4.48. The summed E-state index contributed by atoms with van der Waals surface area (Å²) in [6, 6.07) is 11.4. The van der Waals surface area contributed by atoms with Crippen molar-refractivity contribution in [2.75, 3.05) is 0 Å². The van der Waals surface area contributed by atoms with Crippen molar-refractivity contribution in [1.29, 1.82) is 0 Å². The van der Waals surface area contributed by atoms with Crippen LogP contribution in [0.3, 0.4) is 0 Å². The third-order valence-electron chi connectivity index (χ3n) is 2.84. The number of pyridine rings is 1. The van der Waals surface area contributed by atoms with Crippen molar-refractivity contribution in [1.82, 2.24) is 10.4 Å². The number of carbonyl (C=O) groups excluding carboxylic acids is 1. The number of ether oxygens (including phenoxy) is 1. The third kappa shape index (κ3) is 4.07. The SMILES string of the molecule is Cc1ccc(OCc2ccc(CC(=O)NN)cc2)cn1. The van der Waals surface area contributed by atoms with Gasteiger partial charge in [0, 0.05) is 5.69 Å². The van der Waals surface area contributed by atoms with Crippen LogP contribution in [-0.4, -0.2) is 10.9 Å². The first-order chi connectivity index (χ1) is 9.67. The summed E-state index contributed by atoms with van der Waals surface area (Å²) in [6.45, 7) is 2.40. The van der Waals surface area contributed by atoms with Crippen molar-refractivity contribution < 1.29 is 9.53 Å². The fourth-order valence-electron chi connectivity index (χ4n) is 1.70. The van der Waals surface area contributed by atoms with E-state index in [1.165, 1.54) is 0 Å². The minimum atomic E-state index is -0.209. The zero-order valence-electron chi connectivity index (χ0n) is 11.3. The number of nitrogens with two attached hydrogens (primary N) is 1. The van der Waals surface area contributed by atoms with Crippen molar-refractivity contribution in [2.45, 2.75) is 20.0 Å². The average molecular weight is 271 g/mol. The number of hydrogen-bond donors (Lipinski definition) is 2. The van der Waals surface area contributed by atoms with Gasteiger partial charge >= 0.3 is 0 Å². The van der Waals surface area contributed by atoms with Crippen molar-refractivity contribution in [3.8, 4) is 5.75 Å². The van der Waals surface area contributed by atoms with Crippen LogP contribution in [0.4, 0.5) is 0 Å². The highest BCUT2D eigenvalue weighted by atomic mass is 16.5. The van der Waals surface area contributed by atoms with E-state index < -0.39 is 0 Å². The standard InChI is InChI=1S/C15H17N3O2/c1-11-2-7-14(9-17-11)20-10-13-5-3-12(4-6-13)8-15(19)18-16/h2-7,9H,8,10,16H2,1H3,(H,18,19). The van der Waals surface area contributed by atoms with Crippen LogP contribution in [0.1, 0.15) is 16.8 Å². The van der Waals surface area contributed by atoms with Crippen LogP contribution in [0.2, 0.25) is 0 Å². The predicted molar refractivity (Wildman–Crippen MR) is 75.8 cm³/mol. The minimum absolute atomic E-state index is 0.209. The van der Waals surface area contributed by atoms with Crippen molar-refractivity contribution >= 4 is 5.91 Å². The Kier molecular flexibility index (Phi) is 4.68. The molecule has 0 spiro atoms. The zero-order valence-corrected chi connectivity index (χ0v) is 11.3. The van der Waals surface area contributed by atoms with Gasteiger partial charge in [-0.2, -0.15) is 0 Å². The van der Waals surface area contributed by atoms with Gasteiger partial charge in [-0.05, 0) is 30.2 Å². The molecule has 0 aliphatic carbocycles. The van der Waals surface area contributed by atoms with E-state index in [2.05, 4.69) is 10.4 Å². The van der Waals surface area contributed by atoms with Crippen molar-refractivity contribution in [2.24, 2.45) is 5.84 Å². The molecular formula is C15H17N3O2. The van der Waals surface area contributed by atoms with Gasteiger partial charge < -0.3 is 4.74 Å². The number of hydrazine groups is 1. The topological polar surface area (TPSA) is 77.2 Å². The molecule has 1 amide bonds. The van der Waals surface area contributed by atoms with E-state index >= 15 is 0 Å². The molecule has 1 aromatic heterocycles.